The zero-order valence-corrected chi connectivity index (χ0v) is 22.7. The van der Waals surface area contributed by atoms with Gasteiger partial charge in [0, 0.05) is 12.1 Å². The second kappa shape index (κ2) is 12.7. The first kappa shape index (κ1) is 28.3. The van der Waals surface area contributed by atoms with Crippen LogP contribution in [0.25, 0.3) is 0 Å². The number of carbonyl (C=O) groups excluding carboxylic acids is 1. The maximum absolute atomic E-state index is 11.4. The number of carbonyl (C=O) groups is 1. The van der Waals surface area contributed by atoms with Gasteiger partial charge in [0.25, 0.3) is 0 Å². The molecule has 190 valence electrons. The molecule has 2 aromatic rings. The molecule has 0 saturated heterocycles. The molecule has 0 radical (unpaired) electrons. The number of unbranched alkanes of at least 4 members (excludes halogenated alkanes) is 3. The molecule has 0 saturated carbocycles. The van der Waals surface area contributed by atoms with E-state index >= 15 is 0 Å². The Morgan fingerprint density at radius 2 is 1.37 bits per heavy atom. The fourth-order valence-electron chi connectivity index (χ4n) is 3.38. The SMILES string of the molecule is C=C(C)C(=O)NCCCCCCOc1ccc(N=Nc2cc(C(C)(C)C)cc(C(C)(C)C)c2)cc1. The molecule has 2 rings (SSSR count). The number of benzene rings is 2. The van der Waals surface area contributed by atoms with Crippen LogP contribution in [0.2, 0.25) is 0 Å². The summed E-state index contributed by atoms with van der Waals surface area (Å²) < 4.78 is 5.85. The van der Waals surface area contributed by atoms with E-state index in [0.29, 0.717) is 18.7 Å². The second-order valence-electron chi connectivity index (χ2n) is 11.3. The Bertz CT molecular complexity index is 977. The Labute approximate surface area is 212 Å². The lowest BCUT2D eigenvalue weighted by molar-refractivity contribution is -0.117. The highest BCUT2D eigenvalue weighted by atomic mass is 16.5. The van der Waals surface area contributed by atoms with Crippen LogP contribution in [0.3, 0.4) is 0 Å². The minimum Gasteiger partial charge on any atom is -0.494 e. The molecule has 0 fully saturated rings. The average Bonchev–Trinajstić information content (AvgIpc) is 2.78. The summed E-state index contributed by atoms with van der Waals surface area (Å²) in [7, 11) is 0. The molecule has 5 heteroatoms. The Morgan fingerprint density at radius 3 is 1.91 bits per heavy atom. The van der Waals surface area contributed by atoms with Crippen LogP contribution in [0.1, 0.15) is 85.3 Å². The number of azo groups is 1. The van der Waals surface area contributed by atoms with Crippen LogP contribution in [-0.2, 0) is 15.6 Å². The molecule has 0 aliphatic carbocycles. The Balaban J connectivity index is 1.84. The van der Waals surface area contributed by atoms with E-state index in [1.165, 1.54) is 11.1 Å². The molecule has 0 aromatic heterocycles. The summed E-state index contributed by atoms with van der Waals surface area (Å²) in [6.07, 6.45) is 4.08. The summed E-state index contributed by atoms with van der Waals surface area (Å²) in [6, 6.07) is 14.3. The van der Waals surface area contributed by atoms with Crippen LogP contribution in [0.15, 0.2) is 64.8 Å². The molecule has 35 heavy (non-hydrogen) atoms. The van der Waals surface area contributed by atoms with Gasteiger partial charge in [-0.3, -0.25) is 4.79 Å². The third-order valence-electron chi connectivity index (χ3n) is 5.78. The van der Waals surface area contributed by atoms with E-state index < -0.39 is 0 Å². The van der Waals surface area contributed by atoms with Crippen LogP contribution in [-0.4, -0.2) is 19.1 Å². The largest absolute Gasteiger partial charge is 0.494 e. The highest BCUT2D eigenvalue weighted by Crippen LogP contribution is 2.33. The Morgan fingerprint density at radius 1 is 0.829 bits per heavy atom. The number of amides is 1. The fourth-order valence-corrected chi connectivity index (χ4v) is 3.38. The standard InChI is InChI=1S/C30H43N3O2/c1-22(2)28(34)31-17-11-9-10-12-18-35-27-15-13-25(14-16-27)32-33-26-20-23(29(3,4)5)19-24(21-26)30(6,7)8/h13-16,19-21H,1,9-12,17-18H2,2-8H3,(H,31,34). The smallest absolute Gasteiger partial charge is 0.246 e. The lowest BCUT2D eigenvalue weighted by atomic mass is 9.80. The van der Waals surface area contributed by atoms with Crippen molar-refractivity contribution in [1.82, 2.24) is 5.32 Å². The summed E-state index contributed by atoms with van der Waals surface area (Å²) in [5, 5.41) is 11.9. The first-order chi connectivity index (χ1) is 16.4. The molecule has 0 atom stereocenters. The van der Waals surface area contributed by atoms with Gasteiger partial charge in [0.05, 0.1) is 18.0 Å². The third-order valence-corrected chi connectivity index (χ3v) is 5.78. The molecule has 0 spiro atoms. The van der Waals surface area contributed by atoms with E-state index in [-0.39, 0.29) is 16.7 Å². The van der Waals surface area contributed by atoms with Crippen LogP contribution >= 0.6 is 0 Å². The molecule has 0 aliphatic heterocycles. The van der Waals surface area contributed by atoms with E-state index in [0.717, 1.165) is 42.8 Å². The van der Waals surface area contributed by atoms with Crippen molar-refractivity contribution < 1.29 is 9.53 Å². The highest BCUT2D eigenvalue weighted by Gasteiger charge is 2.20. The van der Waals surface area contributed by atoms with Crippen LogP contribution in [0.4, 0.5) is 11.4 Å². The summed E-state index contributed by atoms with van der Waals surface area (Å²) in [5.74, 6) is 0.770. The molecule has 2 aromatic carbocycles. The fraction of sp³-hybridized carbons (Fsp3) is 0.500. The molecule has 0 aliphatic rings. The van der Waals surface area contributed by atoms with Crippen LogP contribution < -0.4 is 10.1 Å². The topological polar surface area (TPSA) is 63.0 Å². The Kier molecular flexibility index (Phi) is 10.2. The van der Waals surface area contributed by atoms with Gasteiger partial charge in [-0.2, -0.15) is 10.2 Å². The van der Waals surface area contributed by atoms with Gasteiger partial charge in [-0.1, -0.05) is 67.0 Å². The number of nitrogens with one attached hydrogen (secondary N) is 1. The van der Waals surface area contributed by atoms with Crippen molar-refractivity contribution in [3.05, 3.63) is 65.7 Å². The average molecular weight is 478 g/mol. The monoisotopic (exact) mass is 477 g/mol. The van der Waals surface area contributed by atoms with Crippen molar-refractivity contribution in [3.63, 3.8) is 0 Å². The number of hydrogen-bond donors (Lipinski definition) is 1. The zero-order chi connectivity index (χ0) is 26.1. The first-order valence-electron chi connectivity index (χ1n) is 12.6. The van der Waals surface area contributed by atoms with Gasteiger partial charge < -0.3 is 10.1 Å². The van der Waals surface area contributed by atoms with Gasteiger partial charge in [0.2, 0.25) is 5.91 Å². The second-order valence-corrected chi connectivity index (χ2v) is 11.3. The maximum atomic E-state index is 11.4. The van der Waals surface area contributed by atoms with E-state index in [9.17, 15) is 4.79 Å². The molecular formula is C30H43N3O2. The maximum Gasteiger partial charge on any atom is 0.246 e. The lowest BCUT2D eigenvalue weighted by Crippen LogP contribution is -2.24. The van der Waals surface area contributed by atoms with Crippen LogP contribution in [0.5, 0.6) is 5.75 Å². The van der Waals surface area contributed by atoms with Gasteiger partial charge in [-0.05, 0) is 78.1 Å². The zero-order valence-electron chi connectivity index (χ0n) is 22.7. The van der Waals surface area contributed by atoms with E-state index in [2.05, 4.69) is 81.9 Å². The molecule has 5 nitrogen and oxygen atoms in total. The number of nitrogens with zero attached hydrogens (tertiary/aromatic N) is 2. The summed E-state index contributed by atoms with van der Waals surface area (Å²) in [5.41, 5.74) is 4.85. The first-order valence-corrected chi connectivity index (χ1v) is 12.6. The van der Waals surface area contributed by atoms with Crippen molar-refractivity contribution >= 4 is 17.3 Å². The van der Waals surface area contributed by atoms with Gasteiger partial charge in [0.15, 0.2) is 0 Å². The normalized spacial score (nSPS) is 12.1. The van der Waals surface area contributed by atoms with Crippen LogP contribution in [0, 0.1) is 0 Å². The van der Waals surface area contributed by atoms with Gasteiger partial charge >= 0.3 is 0 Å². The van der Waals surface area contributed by atoms with E-state index in [1.807, 2.05) is 24.3 Å². The minimum atomic E-state index is -0.0654. The van der Waals surface area contributed by atoms with Gasteiger partial charge in [-0.25, -0.2) is 0 Å². The molecular weight excluding hydrogens is 434 g/mol. The van der Waals surface area contributed by atoms with Gasteiger partial charge in [-0.15, -0.1) is 0 Å². The lowest BCUT2D eigenvalue weighted by Gasteiger charge is -2.25. The highest BCUT2D eigenvalue weighted by molar-refractivity contribution is 5.91. The predicted octanol–water partition coefficient (Wildman–Crippen LogP) is 8.33. The molecule has 1 N–H and O–H groups in total. The minimum absolute atomic E-state index is 0.0467. The number of hydrogen-bond acceptors (Lipinski definition) is 4. The Hall–Kier alpha value is -2.95. The summed E-state index contributed by atoms with van der Waals surface area (Å²) >= 11 is 0. The van der Waals surface area contributed by atoms with Crippen molar-refractivity contribution in [2.24, 2.45) is 10.2 Å². The summed E-state index contributed by atoms with van der Waals surface area (Å²) in [4.78, 5) is 11.4. The summed E-state index contributed by atoms with van der Waals surface area (Å²) in [6.45, 7) is 20.1. The quantitative estimate of drug-likeness (QED) is 0.201. The molecule has 1 amide bonds. The predicted molar refractivity (Wildman–Crippen MR) is 146 cm³/mol. The number of rotatable bonds is 11. The third kappa shape index (κ3) is 10.1. The molecule has 0 heterocycles. The molecule has 0 unspecified atom stereocenters. The molecule has 0 bridgehead atoms. The van der Waals surface area contributed by atoms with Crippen molar-refractivity contribution in [3.8, 4) is 5.75 Å². The van der Waals surface area contributed by atoms with E-state index in [4.69, 9.17) is 4.74 Å². The number of ether oxygens (including phenoxy) is 1. The van der Waals surface area contributed by atoms with Gasteiger partial charge in [0.1, 0.15) is 5.75 Å². The van der Waals surface area contributed by atoms with Crippen molar-refractivity contribution in [2.45, 2.75) is 85.0 Å². The van der Waals surface area contributed by atoms with E-state index in [1.54, 1.807) is 6.92 Å². The van der Waals surface area contributed by atoms with Crippen molar-refractivity contribution in [1.29, 1.82) is 0 Å². The van der Waals surface area contributed by atoms with Crippen molar-refractivity contribution in [2.75, 3.05) is 13.2 Å².